The lowest BCUT2D eigenvalue weighted by atomic mass is 10.1. The summed E-state index contributed by atoms with van der Waals surface area (Å²) in [6.07, 6.45) is 2.35. The van der Waals surface area contributed by atoms with Crippen molar-refractivity contribution in [1.29, 1.82) is 0 Å². The highest BCUT2D eigenvalue weighted by atomic mass is 16.2. The molecule has 1 aliphatic rings. The number of rotatable bonds is 2. The zero-order valence-electron chi connectivity index (χ0n) is 9.48. The molecule has 1 heterocycles. The Morgan fingerprint density at radius 1 is 1.35 bits per heavy atom. The van der Waals surface area contributed by atoms with Crippen LogP contribution in [0.2, 0.25) is 0 Å². The van der Waals surface area contributed by atoms with Crippen molar-refractivity contribution in [1.82, 2.24) is 4.90 Å². The molecule has 3 heteroatoms. The van der Waals surface area contributed by atoms with E-state index in [1.165, 1.54) is 0 Å². The summed E-state index contributed by atoms with van der Waals surface area (Å²) in [5.41, 5.74) is 1.31. The predicted molar refractivity (Wildman–Crippen MR) is 64.5 cm³/mol. The SMILES string of the molecule is O=Cc1ccccc1C#CCN1CCCC1=O. The zero-order valence-corrected chi connectivity index (χ0v) is 9.48. The molecule has 0 N–H and O–H groups in total. The summed E-state index contributed by atoms with van der Waals surface area (Å²) in [6, 6.07) is 7.19. The van der Waals surface area contributed by atoms with Crippen molar-refractivity contribution in [3.8, 4) is 11.8 Å². The van der Waals surface area contributed by atoms with Gasteiger partial charge in [0.15, 0.2) is 6.29 Å². The van der Waals surface area contributed by atoms with Crippen LogP contribution in [0.4, 0.5) is 0 Å². The molecule has 0 unspecified atom stereocenters. The standard InChI is InChI=1S/C14H13NO2/c16-11-13-6-2-1-5-12(13)7-3-9-15-10-4-8-14(15)17/h1-2,5-6,11H,4,8-10H2. The molecule has 17 heavy (non-hydrogen) atoms. The van der Waals surface area contributed by atoms with E-state index in [0.717, 1.165) is 19.3 Å². The molecule has 0 aliphatic carbocycles. The predicted octanol–water partition coefficient (Wildman–Crippen LogP) is 1.47. The topological polar surface area (TPSA) is 37.4 Å². The van der Waals surface area contributed by atoms with Crippen molar-refractivity contribution in [2.75, 3.05) is 13.1 Å². The quantitative estimate of drug-likeness (QED) is 0.567. The van der Waals surface area contributed by atoms with Crippen molar-refractivity contribution in [3.05, 3.63) is 35.4 Å². The monoisotopic (exact) mass is 227 g/mol. The number of hydrogen-bond acceptors (Lipinski definition) is 2. The molecule has 3 nitrogen and oxygen atoms in total. The molecule has 0 radical (unpaired) electrons. The van der Waals surface area contributed by atoms with Crippen molar-refractivity contribution in [2.24, 2.45) is 0 Å². The Labute approximate surface area is 100 Å². The van der Waals surface area contributed by atoms with E-state index in [2.05, 4.69) is 11.8 Å². The van der Waals surface area contributed by atoms with E-state index < -0.39 is 0 Å². The lowest BCUT2D eigenvalue weighted by Gasteiger charge is -2.09. The molecule has 1 aromatic carbocycles. The Bertz CT molecular complexity index is 496. The number of likely N-dealkylation sites (tertiary alicyclic amines) is 1. The van der Waals surface area contributed by atoms with Gasteiger partial charge in [-0.05, 0) is 12.5 Å². The Balaban J connectivity index is 2.05. The molecular weight excluding hydrogens is 214 g/mol. The highest BCUT2D eigenvalue weighted by Crippen LogP contribution is 2.08. The average molecular weight is 227 g/mol. The Kier molecular flexibility index (Phi) is 3.56. The maximum Gasteiger partial charge on any atom is 0.223 e. The molecule has 0 aromatic heterocycles. The third kappa shape index (κ3) is 2.73. The van der Waals surface area contributed by atoms with Gasteiger partial charge in [0.2, 0.25) is 5.91 Å². The fourth-order valence-corrected chi connectivity index (χ4v) is 1.81. The first kappa shape index (κ1) is 11.4. The maximum absolute atomic E-state index is 11.3. The van der Waals surface area contributed by atoms with E-state index in [1.54, 1.807) is 17.0 Å². The normalized spacial score (nSPS) is 14.4. The Morgan fingerprint density at radius 2 is 2.18 bits per heavy atom. The van der Waals surface area contributed by atoms with Gasteiger partial charge in [0.25, 0.3) is 0 Å². The molecule has 0 atom stereocenters. The molecule has 1 saturated heterocycles. The summed E-state index contributed by atoms with van der Waals surface area (Å²) >= 11 is 0. The minimum absolute atomic E-state index is 0.169. The smallest absolute Gasteiger partial charge is 0.223 e. The second-order valence-corrected chi connectivity index (χ2v) is 3.93. The van der Waals surface area contributed by atoms with Gasteiger partial charge in [-0.15, -0.1) is 0 Å². The third-order valence-electron chi connectivity index (χ3n) is 2.75. The Morgan fingerprint density at radius 3 is 2.88 bits per heavy atom. The van der Waals surface area contributed by atoms with Crippen LogP contribution in [0.15, 0.2) is 24.3 Å². The summed E-state index contributed by atoms with van der Waals surface area (Å²) < 4.78 is 0. The van der Waals surface area contributed by atoms with Crippen LogP contribution in [0, 0.1) is 11.8 Å². The molecule has 0 spiro atoms. The number of benzene rings is 1. The van der Waals surface area contributed by atoms with E-state index in [9.17, 15) is 9.59 Å². The first-order valence-corrected chi connectivity index (χ1v) is 5.62. The van der Waals surface area contributed by atoms with E-state index in [-0.39, 0.29) is 5.91 Å². The lowest BCUT2D eigenvalue weighted by molar-refractivity contribution is -0.127. The van der Waals surface area contributed by atoms with Crippen LogP contribution in [0.25, 0.3) is 0 Å². The van der Waals surface area contributed by atoms with E-state index in [4.69, 9.17) is 0 Å². The van der Waals surface area contributed by atoms with Crippen molar-refractivity contribution < 1.29 is 9.59 Å². The molecule has 0 saturated carbocycles. The highest BCUT2D eigenvalue weighted by molar-refractivity contribution is 5.79. The number of amides is 1. The summed E-state index contributed by atoms with van der Waals surface area (Å²) in [6.45, 7) is 1.24. The maximum atomic E-state index is 11.3. The summed E-state index contributed by atoms with van der Waals surface area (Å²) in [7, 11) is 0. The summed E-state index contributed by atoms with van der Waals surface area (Å²) in [4.78, 5) is 23.9. The van der Waals surface area contributed by atoms with E-state index in [1.807, 2.05) is 12.1 Å². The molecule has 1 aliphatic heterocycles. The molecule has 1 amide bonds. The van der Waals surface area contributed by atoms with Crippen molar-refractivity contribution in [3.63, 3.8) is 0 Å². The second kappa shape index (κ2) is 5.31. The molecule has 86 valence electrons. The second-order valence-electron chi connectivity index (χ2n) is 3.93. The van der Waals surface area contributed by atoms with Crippen LogP contribution in [-0.4, -0.2) is 30.2 Å². The zero-order chi connectivity index (χ0) is 12.1. The molecule has 1 aromatic rings. The van der Waals surface area contributed by atoms with E-state index in [0.29, 0.717) is 24.1 Å². The molecule has 1 fully saturated rings. The van der Waals surface area contributed by atoms with Crippen LogP contribution >= 0.6 is 0 Å². The van der Waals surface area contributed by atoms with Crippen molar-refractivity contribution in [2.45, 2.75) is 12.8 Å². The van der Waals surface area contributed by atoms with Crippen LogP contribution in [-0.2, 0) is 4.79 Å². The van der Waals surface area contributed by atoms with Crippen LogP contribution < -0.4 is 0 Å². The summed E-state index contributed by atoms with van der Waals surface area (Å²) in [5.74, 6) is 6.05. The van der Waals surface area contributed by atoms with Gasteiger partial charge in [0.1, 0.15) is 0 Å². The number of aldehydes is 1. The number of hydrogen-bond donors (Lipinski definition) is 0. The minimum Gasteiger partial charge on any atom is -0.332 e. The largest absolute Gasteiger partial charge is 0.332 e. The van der Waals surface area contributed by atoms with Gasteiger partial charge in [-0.2, -0.15) is 0 Å². The number of carbonyl (C=O) groups is 2. The number of carbonyl (C=O) groups excluding carboxylic acids is 2. The van der Waals surface area contributed by atoms with Gasteiger partial charge >= 0.3 is 0 Å². The summed E-state index contributed by atoms with van der Waals surface area (Å²) in [5, 5.41) is 0. The Hall–Kier alpha value is -2.08. The van der Waals surface area contributed by atoms with Gasteiger partial charge in [0, 0.05) is 24.1 Å². The first-order valence-electron chi connectivity index (χ1n) is 5.62. The minimum atomic E-state index is 0.169. The van der Waals surface area contributed by atoms with E-state index >= 15 is 0 Å². The van der Waals surface area contributed by atoms with Crippen LogP contribution in [0.1, 0.15) is 28.8 Å². The number of nitrogens with zero attached hydrogens (tertiary/aromatic N) is 1. The highest BCUT2D eigenvalue weighted by Gasteiger charge is 2.18. The third-order valence-corrected chi connectivity index (χ3v) is 2.75. The average Bonchev–Trinajstić information content (AvgIpc) is 2.76. The fourth-order valence-electron chi connectivity index (χ4n) is 1.81. The van der Waals surface area contributed by atoms with Gasteiger partial charge in [0.05, 0.1) is 6.54 Å². The molecule has 2 rings (SSSR count). The molecular formula is C14H13NO2. The first-order chi connectivity index (χ1) is 8.31. The van der Waals surface area contributed by atoms with Gasteiger partial charge in [-0.1, -0.05) is 30.0 Å². The van der Waals surface area contributed by atoms with Crippen molar-refractivity contribution >= 4 is 12.2 Å². The van der Waals surface area contributed by atoms with Crippen LogP contribution in [0.3, 0.4) is 0 Å². The van der Waals surface area contributed by atoms with Crippen LogP contribution in [0.5, 0.6) is 0 Å². The molecule has 0 bridgehead atoms. The van der Waals surface area contributed by atoms with Gasteiger partial charge in [-0.3, -0.25) is 9.59 Å². The lowest BCUT2D eigenvalue weighted by Crippen LogP contribution is -2.24. The van der Waals surface area contributed by atoms with Gasteiger partial charge in [-0.25, -0.2) is 0 Å². The fraction of sp³-hybridized carbons (Fsp3) is 0.286. The van der Waals surface area contributed by atoms with Gasteiger partial charge < -0.3 is 4.90 Å².